The lowest BCUT2D eigenvalue weighted by atomic mass is 10.1. The van der Waals surface area contributed by atoms with Crippen molar-refractivity contribution in [2.75, 3.05) is 33.2 Å². The first-order valence-corrected chi connectivity index (χ1v) is 8.95. The Labute approximate surface area is 159 Å². The van der Waals surface area contributed by atoms with E-state index in [1.807, 2.05) is 4.90 Å². The fourth-order valence-corrected chi connectivity index (χ4v) is 3.51. The molecule has 0 spiro atoms. The summed E-state index contributed by atoms with van der Waals surface area (Å²) in [6.45, 7) is 1.83. The highest BCUT2D eigenvalue weighted by Crippen LogP contribution is 2.30. The molecule has 2 saturated heterocycles. The van der Waals surface area contributed by atoms with Gasteiger partial charge in [0.15, 0.2) is 0 Å². The van der Waals surface area contributed by atoms with Gasteiger partial charge in [0.2, 0.25) is 5.91 Å². The lowest BCUT2D eigenvalue weighted by Crippen LogP contribution is -2.62. The summed E-state index contributed by atoms with van der Waals surface area (Å²) in [7, 11) is 1.74. The molecule has 28 heavy (non-hydrogen) atoms. The molecule has 10 heteroatoms. The van der Waals surface area contributed by atoms with Gasteiger partial charge in [0.25, 0.3) is 0 Å². The number of primary amides is 1. The minimum atomic E-state index is -4.58. The van der Waals surface area contributed by atoms with Crippen molar-refractivity contribution in [1.82, 2.24) is 14.7 Å². The molecule has 1 aromatic carbocycles. The van der Waals surface area contributed by atoms with E-state index in [1.165, 1.54) is 0 Å². The van der Waals surface area contributed by atoms with Crippen molar-refractivity contribution in [3.63, 3.8) is 0 Å². The van der Waals surface area contributed by atoms with Gasteiger partial charge in [0.05, 0.1) is 11.5 Å². The number of amides is 3. The summed E-state index contributed by atoms with van der Waals surface area (Å²) in [5, 5.41) is 0. The lowest BCUT2D eigenvalue weighted by Gasteiger charge is -2.45. The van der Waals surface area contributed by atoms with Gasteiger partial charge < -0.3 is 15.5 Å². The summed E-state index contributed by atoms with van der Waals surface area (Å²) < 4.78 is 51.9. The number of nitrogens with two attached hydrogens (primary N) is 1. The average molecular weight is 402 g/mol. The quantitative estimate of drug-likeness (QED) is 0.782. The van der Waals surface area contributed by atoms with E-state index >= 15 is 0 Å². The summed E-state index contributed by atoms with van der Waals surface area (Å²) in [6.07, 6.45) is -4.02. The standard InChI is InChI=1S/C18H22F4N4O2/c1-24(7-11-2-3-13(6-15(11)19)18(20,21)22)14-9-26(10-14)17(28)25-5-4-12(8-25)16(23)27/h2-3,6,12,14H,4-5,7-10H2,1H3,(H2,23,27)/t12-/m0/s1. The van der Waals surface area contributed by atoms with Crippen molar-refractivity contribution >= 4 is 11.9 Å². The molecule has 2 heterocycles. The Morgan fingerprint density at radius 3 is 2.43 bits per heavy atom. The number of benzene rings is 1. The normalized spacial score (nSPS) is 20.6. The van der Waals surface area contributed by atoms with Gasteiger partial charge in [-0.05, 0) is 25.6 Å². The molecule has 2 N–H and O–H groups in total. The van der Waals surface area contributed by atoms with Crippen LogP contribution in [0, 0.1) is 11.7 Å². The van der Waals surface area contributed by atoms with Crippen molar-refractivity contribution in [2.45, 2.75) is 25.2 Å². The van der Waals surface area contributed by atoms with Crippen LogP contribution in [0.2, 0.25) is 0 Å². The molecule has 0 aliphatic carbocycles. The molecule has 1 atom stereocenters. The predicted octanol–water partition coefficient (Wildman–Crippen LogP) is 1.89. The van der Waals surface area contributed by atoms with E-state index in [0.29, 0.717) is 38.7 Å². The number of hydrogen-bond donors (Lipinski definition) is 1. The molecule has 2 fully saturated rings. The van der Waals surface area contributed by atoms with Gasteiger partial charge in [-0.15, -0.1) is 0 Å². The van der Waals surface area contributed by atoms with Gasteiger partial charge in [0, 0.05) is 44.3 Å². The van der Waals surface area contributed by atoms with Crippen LogP contribution in [-0.4, -0.2) is 65.9 Å². The van der Waals surface area contributed by atoms with Crippen LogP contribution in [0.3, 0.4) is 0 Å². The van der Waals surface area contributed by atoms with Crippen molar-refractivity contribution in [3.05, 3.63) is 35.1 Å². The second-order valence-corrected chi connectivity index (χ2v) is 7.39. The second-order valence-electron chi connectivity index (χ2n) is 7.39. The first kappa shape index (κ1) is 20.4. The Hall–Kier alpha value is -2.36. The van der Waals surface area contributed by atoms with Crippen LogP contribution in [0.4, 0.5) is 22.4 Å². The van der Waals surface area contributed by atoms with Gasteiger partial charge >= 0.3 is 12.2 Å². The fraction of sp³-hybridized carbons (Fsp3) is 0.556. The number of alkyl halides is 3. The van der Waals surface area contributed by atoms with E-state index in [1.54, 1.807) is 16.8 Å². The topological polar surface area (TPSA) is 69.9 Å². The van der Waals surface area contributed by atoms with Crippen molar-refractivity contribution in [1.29, 1.82) is 0 Å². The number of nitrogens with zero attached hydrogens (tertiary/aromatic N) is 3. The summed E-state index contributed by atoms with van der Waals surface area (Å²) in [5.41, 5.74) is 4.43. The summed E-state index contributed by atoms with van der Waals surface area (Å²) in [6, 6.07) is 2.34. The predicted molar refractivity (Wildman–Crippen MR) is 92.5 cm³/mol. The van der Waals surface area contributed by atoms with Gasteiger partial charge in [0.1, 0.15) is 5.82 Å². The Kier molecular flexibility index (Phi) is 5.51. The monoisotopic (exact) mass is 402 g/mol. The van der Waals surface area contributed by atoms with E-state index in [0.717, 1.165) is 12.1 Å². The highest BCUT2D eigenvalue weighted by Gasteiger charge is 2.39. The molecule has 1 aromatic rings. The fourth-order valence-electron chi connectivity index (χ4n) is 3.51. The van der Waals surface area contributed by atoms with Crippen LogP contribution < -0.4 is 5.73 Å². The van der Waals surface area contributed by atoms with E-state index in [-0.39, 0.29) is 30.1 Å². The average Bonchev–Trinajstić information content (AvgIpc) is 3.04. The summed E-state index contributed by atoms with van der Waals surface area (Å²) in [5.74, 6) is -1.62. The molecule has 0 radical (unpaired) electrons. The Balaban J connectivity index is 1.51. The number of carbonyl (C=O) groups is 2. The third kappa shape index (κ3) is 4.21. The zero-order chi connectivity index (χ0) is 20.6. The van der Waals surface area contributed by atoms with Crippen molar-refractivity contribution in [3.8, 4) is 0 Å². The van der Waals surface area contributed by atoms with Crippen LogP contribution in [-0.2, 0) is 17.5 Å². The Morgan fingerprint density at radius 1 is 1.21 bits per heavy atom. The van der Waals surface area contributed by atoms with Crippen LogP contribution in [0.15, 0.2) is 18.2 Å². The molecule has 0 aromatic heterocycles. The van der Waals surface area contributed by atoms with Gasteiger partial charge in [-0.1, -0.05) is 6.07 Å². The zero-order valence-corrected chi connectivity index (χ0v) is 15.4. The van der Waals surface area contributed by atoms with Gasteiger partial charge in [-0.25, -0.2) is 9.18 Å². The maximum Gasteiger partial charge on any atom is 0.416 e. The summed E-state index contributed by atoms with van der Waals surface area (Å²) in [4.78, 5) is 28.7. The highest BCUT2D eigenvalue weighted by molar-refractivity contribution is 5.80. The van der Waals surface area contributed by atoms with Gasteiger partial charge in [-0.3, -0.25) is 9.69 Å². The van der Waals surface area contributed by atoms with E-state index in [9.17, 15) is 27.2 Å². The number of rotatable bonds is 4. The van der Waals surface area contributed by atoms with Crippen LogP contribution in [0.1, 0.15) is 17.5 Å². The van der Waals surface area contributed by atoms with Crippen molar-refractivity contribution in [2.24, 2.45) is 11.7 Å². The first-order valence-electron chi connectivity index (χ1n) is 8.95. The summed E-state index contributed by atoms with van der Waals surface area (Å²) >= 11 is 0. The third-order valence-electron chi connectivity index (χ3n) is 5.42. The van der Waals surface area contributed by atoms with Crippen LogP contribution >= 0.6 is 0 Å². The smallest absolute Gasteiger partial charge is 0.369 e. The van der Waals surface area contributed by atoms with E-state index < -0.39 is 23.5 Å². The molecule has 154 valence electrons. The maximum absolute atomic E-state index is 14.0. The van der Waals surface area contributed by atoms with Gasteiger partial charge in [-0.2, -0.15) is 13.2 Å². The van der Waals surface area contributed by atoms with Crippen molar-refractivity contribution < 1.29 is 27.2 Å². The maximum atomic E-state index is 14.0. The molecule has 0 saturated carbocycles. The number of urea groups is 1. The molecule has 3 rings (SSSR count). The van der Waals surface area contributed by atoms with E-state index in [2.05, 4.69) is 0 Å². The molecular weight excluding hydrogens is 380 g/mol. The molecule has 6 nitrogen and oxygen atoms in total. The number of likely N-dealkylation sites (tertiary alicyclic amines) is 2. The minimum Gasteiger partial charge on any atom is -0.369 e. The molecular formula is C18H22F4N4O2. The second kappa shape index (κ2) is 7.57. The largest absolute Gasteiger partial charge is 0.416 e. The Morgan fingerprint density at radius 2 is 1.89 bits per heavy atom. The third-order valence-corrected chi connectivity index (χ3v) is 5.42. The molecule has 2 aliphatic rings. The first-order chi connectivity index (χ1) is 13.1. The molecule has 2 aliphatic heterocycles. The minimum absolute atomic E-state index is 0.0137. The van der Waals surface area contributed by atoms with E-state index in [4.69, 9.17) is 5.73 Å². The zero-order valence-electron chi connectivity index (χ0n) is 15.4. The highest BCUT2D eigenvalue weighted by atomic mass is 19.4. The van der Waals surface area contributed by atoms with Crippen LogP contribution in [0.25, 0.3) is 0 Å². The number of carbonyl (C=O) groups excluding carboxylic acids is 2. The number of likely N-dealkylation sites (N-methyl/N-ethyl adjacent to an activating group) is 1. The Bertz CT molecular complexity index is 764. The number of halogens is 4. The molecule has 0 unspecified atom stereocenters. The number of hydrogen-bond acceptors (Lipinski definition) is 3. The van der Waals surface area contributed by atoms with Crippen LogP contribution in [0.5, 0.6) is 0 Å². The SMILES string of the molecule is CN(Cc1ccc(C(F)(F)F)cc1F)C1CN(C(=O)N2CC[C@H](C(N)=O)C2)C1. The molecule has 0 bridgehead atoms. The molecule has 3 amide bonds. The lowest BCUT2D eigenvalue weighted by molar-refractivity contribution is -0.137.